The first-order valence-corrected chi connectivity index (χ1v) is 13.3. The molecule has 4 bridgehead atoms. The Kier molecular flexibility index (Phi) is 9.06. The number of rotatable bonds is 6. The van der Waals surface area contributed by atoms with Crippen molar-refractivity contribution in [1.82, 2.24) is 15.6 Å². The first-order chi connectivity index (χ1) is 16.6. The summed E-state index contributed by atoms with van der Waals surface area (Å²) in [6.45, 7) is 5.56. The van der Waals surface area contributed by atoms with E-state index < -0.39 is 29.6 Å². The van der Waals surface area contributed by atoms with Crippen LogP contribution in [-0.4, -0.2) is 62.3 Å². The van der Waals surface area contributed by atoms with Crippen LogP contribution in [-0.2, 0) is 30.5 Å². The number of allylic oxidation sites excluding steroid dienone is 1. The van der Waals surface area contributed by atoms with E-state index in [4.69, 9.17) is 9.84 Å². The van der Waals surface area contributed by atoms with Crippen LogP contribution >= 0.6 is 23.1 Å². The molecule has 3 rings (SSSR count). The second kappa shape index (κ2) is 11.8. The Balaban J connectivity index is 1.84. The molecular weight excluding hydrogens is 492 g/mol. The van der Waals surface area contributed by atoms with E-state index in [1.165, 1.54) is 23.1 Å². The molecule has 0 saturated heterocycles. The minimum absolute atomic E-state index is 0.0139. The smallest absolute Gasteiger partial charge is 0.329 e. The number of amides is 2. The maximum absolute atomic E-state index is 13.2. The largest absolute Gasteiger partial charge is 0.481 e. The number of fused-ring (bicyclic) bond motifs is 4. The summed E-state index contributed by atoms with van der Waals surface area (Å²) in [7, 11) is 0. The molecule has 3 atom stereocenters. The number of carboxylic acids is 1. The molecule has 0 aromatic carbocycles. The summed E-state index contributed by atoms with van der Waals surface area (Å²) in [4.78, 5) is 58.7. The molecule has 3 N–H and O–H groups in total. The Bertz CT molecular complexity index is 1040. The zero-order valence-corrected chi connectivity index (χ0v) is 21.5. The first-order valence-electron chi connectivity index (χ1n) is 11.4. The van der Waals surface area contributed by atoms with Crippen molar-refractivity contribution >= 4 is 51.9 Å². The fourth-order valence-corrected chi connectivity index (χ4v) is 5.39. The molecule has 0 saturated carbocycles. The fourth-order valence-electron chi connectivity index (χ4n) is 3.47. The standard InChI is InChI=1S/C23H30N4O6S2/c1-13(2)19-21(31)33-14(7-5-4-6-8-18(29)30)9-16(28)24-10-17-25-15(11-34-17)20-27-23(3,12-35-20)22(32)26-19/h4-5,11,13-14,19H,6-10,12H2,1-3H3,(H,24,28)(H,26,32)(H,29,30). The average Bonchev–Trinajstić information content (AvgIpc) is 3.42. The summed E-state index contributed by atoms with van der Waals surface area (Å²) in [6, 6.07) is -0.913. The summed E-state index contributed by atoms with van der Waals surface area (Å²) in [5.41, 5.74) is -0.383. The average molecular weight is 523 g/mol. The maximum Gasteiger partial charge on any atom is 0.329 e. The van der Waals surface area contributed by atoms with Crippen LogP contribution < -0.4 is 10.6 Å². The number of aliphatic imine (C=N–C) groups is 1. The number of hydrogen-bond donors (Lipinski definition) is 3. The number of thioether (sulfide) groups is 1. The lowest BCUT2D eigenvalue weighted by molar-refractivity contribution is -0.155. The van der Waals surface area contributed by atoms with Crippen LogP contribution in [0.1, 0.15) is 57.2 Å². The zero-order chi connectivity index (χ0) is 25.6. The van der Waals surface area contributed by atoms with Crippen molar-refractivity contribution in [2.75, 3.05) is 5.75 Å². The zero-order valence-electron chi connectivity index (χ0n) is 19.9. The molecule has 1 aromatic heterocycles. The lowest BCUT2D eigenvalue weighted by Gasteiger charge is -2.27. The van der Waals surface area contributed by atoms with Gasteiger partial charge in [0, 0.05) is 24.0 Å². The van der Waals surface area contributed by atoms with E-state index in [1.807, 2.05) is 5.38 Å². The van der Waals surface area contributed by atoms with Crippen molar-refractivity contribution in [2.24, 2.45) is 10.9 Å². The predicted octanol–water partition coefficient (Wildman–Crippen LogP) is 2.28. The number of nitrogens with one attached hydrogen (secondary N) is 2. The van der Waals surface area contributed by atoms with Gasteiger partial charge >= 0.3 is 11.9 Å². The molecule has 10 nitrogen and oxygen atoms in total. The number of aromatic nitrogens is 1. The van der Waals surface area contributed by atoms with E-state index in [0.29, 0.717) is 27.9 Å². The molecule has 0 fully saturated rings. The summed E-state index contributed by atoms with van der Waals surface area (Å²) in [6.07, 6.45) is 3.09. The van der Waals surface area contributed by atoms with E-state index in [0.717, 1.165) is 0 Å². The normalized spacial score (nSPS) is 25.8. The molecule has 35 heavy (non-hydrogen) atoms. The third-order valence-electron chi connectivity index (χ3n) is 5.53. The lowest BCUT2D eigenvalue weighted by atomic mass is 10.00. The van der Waals surface area contributed by atoms with Crippen molar-refractivity contribution in [1.29, 1.82) is 0 Å². The second-order valence-electron chi connectivity index (χ2n) is 8.98. The van der Waals surface area contributed by atoms with Gasteiger partial charge in [-0.15, -0.1) is 23.1 Å². The molecule has 190 valence electrons. The Morgan fingerprint density at radius 1 is 1.34 bits per heavy atom. The number of ether oxygens (including phenoxy) is 1. The topological polar surface area (TPSA) is 147 Å². The summed E-state index contributed by atoms with van der Waals surface area (Å²) < 4.78 is 5.68. The predicted molar refractivity (Wildman–Crippen MR) is 133 cm³/mol. The third kappa shape index (κ3) is 7.38. The summed E-state index contributed by atoms with van der Waals surface area (Å²) in [5, 5.41) is 17.6. The van der Waals surface area contributed by atoms with Gasteiger partial charge < -0.3 is 20.5 Å². The van der Waals surface area contributed by atoms with Crippen molar-refractivity contribution in [2.45, 2.75) is 70.7 Å². The number of carbonyl (C=O) groups excluding carboxylic acids is 3. The molecule has 0 radical (unpaired) electrons. The Morgan fingerprint density at radius 2 is 2.11 bits per heavy atom. The fraction of sp³-hybridized carbons (Fsp3) is 0.565. The van der Waals surface area contributed by atoms with Crippen molar-refractivity contribution < 1.29 is 29.0 Å². The maximum atomic E-state index is 13.2. The molecule has 2 aliphatic heterocycles. The van der Waals surface area contributed by atoms with Gasteiger partial charge in [0.1, 0.15) is 33.4 Å². The van der Waals surface area contributed by atoms with Gasteiger partial charge in [0.15, 0.2) is 0 Å². The van der Waals surface area contributed by atoms with Crippen LogP contribution in [0.3, 0.4) is 0 Å². The van der Waals surface area contributed by atoms with Crippen LogP contribution in [0, 0.1) is 5.92 Å². The molecule has 2 amide bonds. The Labute approximate surface area is 212 Å². The molecule has 0 spiro atoms. The quantitative estimate of drug-likeness (QED) is 0.381. The first kappa shape index (κ1) is 26.9. The Morgan fingerprint density at radius 3 is 2.83 bits per heavy atom. The minimum Gasteiger partial charge on any atom is -0.481 e. The Hall–Kier alpha value is -2.73. The number of cyclic esters (lactones) is 1. The highest BCUT2D eigenvalue weighted by molar-refractivity contribution is 8.14. The van der Waals surface area contributed by atoms with Gasteiger partial charge in [-0.05, 0) is 19.3 Å². The lowest BCUT2D eigenvalue weighted by Crippen LogP contribution is -2.53. The summed E-state index contributed by atoms with van der Waals surface area (Å²) in [5.74, 6) is -2.05. The van der Waals surface area contributed by atoms with Crippen molar-refractivity contribution in [3.05, 3.63) is 28.2 Å². The number of thiazole rings is 1. The van der Waals surface area contributed by atoms with Crippen LogP contribution in [0.4, 0.5) is 0 Å². The third-order valence-corrected chi connectivity index (χ3v) is 7.66. The highest BCUT2D eigenvalue weighted by Crippen LogP contribution is 2.32. The number of carboxylic acid groups (broad SMARTS) is 1. The number of carbonyl (C=O) groups is 4. The van der Waals surface area contributed by atoms with E-state index in [2.05, 4.69) is 20.6 Å². The van der Waals surface area contributed by atoms with E-state index in [1.54, 1.807) is 32.9 Å². The molecule has 1 aromatic rings. The highest BCUT2D eigenvalue weighted by Gasteiger charge is 2.41. The van der Waals surface area contributed by atoms with Gasteiger partial charge in [-0.2, -0.15) is 0 Å². The summed E-state index contributed by atoms with van der Waals surface area (Å²) >= 11 is 2.82. The van der Waals surface area contributed by atoms with Gasteiger partial charge in [0.05, 0.1) is 13.0 Å². The van der Waals surface area contributed by atoms with Crippen molar-refractivity contribution in [3.63, 3.8) is 0 Å². The highest BCUT2D eigenvalue weighted by atomic mass is 32.2. The molecule has 3 unspecified atom stereocenters. The second-order valence-corrected chi connectivity index (χ2v) is 10.9. The van der Waals surface area contributed by atoms with E-state index >= 15 is 0 Å². The van der Waals surface area contributed by atoms with Crippen LogP contribution in [0.5, 0.6) is 0 Å². The van der Waals surface area contributed by atoms with Crippen LogP contribution in [0.15, 0.2) is 22.5 Å². The van der Waals surface area contributed by atoms with Gasteiger partial charge in [0.25, 0.3) is 0 Å². The molecular formula is C23H30N4O6S2. The minimum atomic E-state index is -1.05. The SMILES string of the molecule is CC(C)C1NC(=O)C2(C)CSC(=N2)c2csc(n2)CNC(=O)CC(CC=CCCC(=O)O)OC1=O. The monoisotopic (exact) mass is 522 g/mol. The molecule has 3 heterocycles. The van der Waals surface area contributed by atoms with Crippen LogP contribution in [0.25, 0.3) is 0 Å². The molecule has 2 aliphatic rings. The number of hydrogen-bond acceptors (Lipinski definition) is 9. The van der Waals surface area contributed by atoms with E-state index in [9.17, 15) is 19.2 Å². The number of esters is 1. The van der Waals surface area contributed by atoms with Crippen LogP contribution in [0.2, 0.25) is 0 Å². The van der Waals surface area contributed by atoms with Gasteiger partial charge in [-0.1, -0.05) is 26.0 Å². The van der Waals surface area contributed by atoms with Gasteiger partial charge in [-0.3, -0.25) is 19.4 Å². The number of nitrogens with zero attached hydrogens (tertiary/aromatic N) is 2. The molecule has 0 aliphatic carbocycles. The van der Waals surface area contributed by atoms with Crippen molar-refractivity contribution in [3.8, 4) is 0 Å². The van der Waals surface area contributed by atoms with Gasteiger partial charge in [0.2, 0.25) is 11.8 Å². The van der Waals surface area contributed by atoms with E-state index in [-0.39, 0.29) is 43.5 Å². The van der Waals surface area contributed by atoms with Gasteiger partial charge in [-0.25, -0.2) is 9.78 Å². The number of aliphatic carboxylic acids is 1. The molecule has 12 heteroatoms.